The molecule has 1 atom stereocenters. The van der Waals surface area contributed by atoms with Gasteiger partial charge < -0.3 is 10.1 Å². The molecule has 0 saturated heterocycles. The number of carbonyl (C=O) groups excluding carboxylic acids is 1. The zero-order valence-corrected chi connectivity index (χ0v) is 21.8. The van der Waals surface area contributed by atoms with Crippen LogP contribution < -0.4 is 10.1 Å². The van der Waals surface area contributed by atoms with Crippen LogP contribution in [0.5, 0.6) is 5.75 Å². The van der Waals surface area contributed by atoms with Gasteiger partial charge in [-0.3, -0.25) is 9.36 Å². The quantitative estimate of drug-likeness (QED) is 0.221. The Hall–Kier alpha value is -4.36. The van der Waals surface area contributed by atoms with Gasteiger partial charge in [0, 0.05) is 5.69 Å². The van der Waals surface area contributed by atoms with Crippen molar-refractivity contribution in [1.29, 1.82) is 0 Å². The second-order valence-electron chi connectivity index (χ2n) is 8.69. The summed E-state index contributed by atoms with van der Waals surface area (Å²) in [5.41, 5.74) is 2.96. The second kappa shape index (κ2) is 12.3. The van der Waals surface area contributed by atoms with Crippen LogP contribution in [0.3, 0.4) is 0 Å². The summed E-state index contributed by atoms with van der Waals surface area (Å²) < 4.78 is 7.91. The Balaban J connectivity index is 1.36. The van der Waals surface area contributed by atoms with Crippen molar-refractivity contribution in [2.45, 2.75) is 30.0 Å². The highest BCUT2D eigenvalue weighted by Crippen LogP contribution is 2.28. The number of rotatable bonds is 10. The molecule has 190 valence electrons. The minimum atomic E-state index is -0.417. The van der Waals surface area contributed by atoms with E-state index in [0.717, 1.165) is 22.6 Å². The Bertz CT molecular complexity index is 1410. The summed E-state index contributed by atoms with van der Waals surface area (Å²) in [6, 6.07) is 39.2. The van der Waals surface area contributed by atoms with Gasteiger partial charge in [-0.15, -0.1) is 10.2 Å². The van der Waals surface area contributed by atoms with Crippen LogP contribution in [0.15, 0.2) is 126 Å². The molecule has 0 unspecified atom stereocenters. The van der Waals surface area contributed by atoms with Crippen molar-refractivity contribution in [3.05, 3.63) is 138 Å². The molecular formula is C31H28N4O2S. The molecule has 4 aromatic carbocycles. The zero-order valence-electron chi connectivity index (χ0n) is 21.0. The van der Waals surface area contributed by atoms with Crippen LogP contribution in [0, 0.1) is 0 Å². The Labute approximate surface area is 226 Å². The largest absolute Gasteiger partial charge is 0.486 e. The van der Waals surface area contributed by atoms with Crippen LogP contribution in [0.4, 0.5) is 0 Å². The van der Waals surface area contributed by atoms with Crippen LogP contribution in [0.1, 0.15) is 29.9 Å². The summed E-state index contributed by atoms with van der Waals surface area (Å²) in [6.07, 6.45) is 0. The highest BCUT2D eigenvalue weighted by atomic mass is 32.2. The number of nitrogens with zero attached hydrogens (tertiary/aromatic N) is 3. The molecule has 1 N–H and O–H groups in total. The number of para-hydroxylation sites is 2. The third-order valence-corrected chi connectivity index (χ3v) is 7.07. The van der Waals surface area contributed by atoms with E-state index in [1.165, 1.54) is 11.8 Å². The molecule has 0 aliphatic rings. The molecule has 5 rings (SSSR count). The van der Waals surface area contributed by atoms with E-state index in [2.05, 4.69) is 15.5 Å². The summed E-state index contributed by atoms with van der Waals surface area (Å²) in [4.78, 5) is 13.5. The van der Waals surface area contributed by atoms with Gasteiger partial charge in [0.15, 0.2) is 11.0 Å². The zero-order chi connectivity index (χ0) is 26.2. The molecule has 5 aromatic rings. The number of thioether (sulfide) groups is 1. The smallest absolute Gasteiger partial charge is 0.234 e. The normalized spacial score (nSPS) is 11.7. The first-order chi connectivity index (χ1) is 18.7. The van der Waals surface area contributed by atoms with Crippen molar-refractivity contribution in [2.75, 3.05) is 0 Å². The minimum Gasteiger partial charge on any atom is -0.486 e. The lowest BCUT2D eigenvalue weighted by Gasteiger charge is -2.22. The van der Waals surface area contributed by atoms with Crippen molar-refractivity contribution in [3.63, 3.8) is 0 Å². The first-order valence-electron chi connectivity index (χ1n) is 12.4. The molecule has 0 saturated carbocycles. The Morgan fingerprint density at radius 1 is 0.789 bits per heavy atom. The lowest BCUT2D eigenvalue weighted by Crippen LogP contribution is -2.35. The van der Waals surface area contributed by atoms with Gasteiger partial charge in [-0.05, 0) is 42.3 Å². The predicted molar refractivity (Wildman–Crippen MR) is 150 cm³/mol. The van der Waals surface area contributed by atoms with Crippen molar-refractivity contribution in [1.82, 2.24) is 20.1 Å². The van der Waals surface area contributed by atoms with Gasteiger partial charge in [-0.2, -0.15) is 0 Å². The molecule has 1 aromatic heterocycles. The molecule has 0 aliphatic heterocycles. The summed E-state index contributed by atoms with van der Waals surface area (Å²) in [5, 5.41) is 12.3. The minimum absolute atomic E-state index is 0.0857. The number of amides is 1. The molecule has 1 amide bonds. The molecule has 1 heterocycles. The van der Waals surface area contributed by atoms with Crippen molar-refractivity contribution < 1.29 is 9.53 Å². The van der Waals surface area contributed by atoms with Crippen LogP contribution in [0.25, 0.3) is 5.69 Å². The van der Waals surface area contributed by atoms with Crippen molar-refractivity contribution in [3.8, 4) is 11.4 Å². The fraction of sp³-hybridized carbons (Fsp3) is 0.129. The number of benzene rings is 4. The monoisotopic (exact) mass is 520 g/mol. The maximum atomic E-state index is 13.5. The van der Waals surface area contributed by atoms with Gasteiger partial charge in [0.25, 0.3) is 0 Å². The number of aromatic nitrogens is 3. The van der Waals surface area contributed by atoms with Crippen LogP contribution in [0.2, 0.25) is 0 Å². The second-order valence-corrected chi connectivity index (χ2v) is 10.0. The number of carbonyl (C=O) groups is 1. The van der Waals surface area contributed by atoms with Gasteiger partial charge in [0.05, 0.1) is 11.3 Å². The molecule has 6 nitrogen and oxygen atoms in total. The first kappa shape index (κ1) is 25.3. The average molecular weight is 521 g/mol. The van der Waals surface area contributed by atoms with E-state index < -0.39 is 5.25 Å². The van der Waals surface area contributed by atoms with E-state index in [1.54, 1.807) is 0 Å². The van der Waals surface area contributed by atoms with Crippen LogP contribution in [-0.4, -0.2) is 25.9 Å². The average Bonchev–Trinajstić information content (AvgIpc) is 3.38. The molecule has 38 heavy (non-hydrogen) atoms. The number of ether oxygens (including phenoxy) is 1. The summed E-state index contributed by atoms with van der Waals surface area (Å²) in [6.45, 7) is 2.13. The van der Waals surface area contributed by atoms with Crippen LogP contribution >= 0.6 is 11.8 Å². The Kier molecular flexibility index (Phi) is 8.16. The molecule has 0 radical (unpaired) electrons. The summed E-state index contributed by atoms with van der Waals surface area (Å²) in [5.74, 6) is 1.32. The molecular weight excluding hydrogens is 492 g/mol. The van der Waals surface area contributed by atoms with E-state index in [-0.39, 0.29) is 18.6 Å². The van der Waals surface area contributed by atoms with Gasteiger partial charge >= 0.3 is 0 Å². The van der Waals surface area contributed by atoms with Gasteiger partial charge in [-0.25, -0.2) is 0 Å². The standard InChI is InChI=1S/C31H28N4O2S/c1-23(30(36)32-29(24-14-6-2-7-15-24)25-16-8-3-9-17-25)38-31-34-33-28(22-37-27-20-12-5-13-21-27)35(31)26-18-10-4-11-19-26/h2-21,23,29H,22H2,1H3,(H,32,36)/t23-/m1/s1. The van der Waals surface area contributed by atoms with Crippen molar-refractivity contribution in [2.24, 2.45) is 0 Å². The Morgan fingerprint density at radius 2 is 1.32 bits per heavy atom. The molecule has 0 spiro atoms. The summed E-state index contributed by atoms with van der Waals surface area (Å²) in [7, 11) is 0. The van der Waals surface area contributed by atoms with Gasteiger partial charge in [0.2, 0.25) is 5.91 Å². The molecule has 0 fully saturated rings. The topological polar surface area (TPSA) is 69.0 Å². The third kappa shape index (κ3) is 6.12. The van der Waals surface area contributed by atoms with E-state index in [1.807, 2.05) is 133 Å². The predicted octanol–water partition coefficient (Wildman–Crippen LogP) is 6.23. The number of nitrogens with one attached hydrogen (secondary N) is 1. The lowest BCUT2D eigenvalue weighted by molar-refractivity contribution is -0.120. The van der Waals surface area contributed by atoms with E-state index in [0.29, 0.717) is 11.0 Å². The van der Waals surface area contributed by atoms with E-state index >= 15 is 0 Å². The van der Waals surface area contributed by atoms with Gasteiger partial charge in [-0.1, -0.05) is 109 Å². The highest BCUT2D eigenvalue weighted by Gasteiger charge is 2.24. The maximum Gasteiger partial charge on any atom is 0.234 e. The van der Waals surface area contributed by atoms with Crippen molar-refractivity contribution >= 4 is 17.7 Å². The number of hydrogen-bond acceptors (Lipinski definition) is 5. The fourth-order valence-corrected chi connectivity index (χ4v) is 4.99. The SMILES string of the molecule is C[C@@H](Sc1nnc(COc2ccccc2)n1-c1ccccc1)C(=O)NC(c1ccccc1)c1ccccc1. The third-order valence-electron chi connectivity index (χ3n) is 6.03. The van der Waals surface area contributed by atoms with E-state index in [4.69, 9.17) is 4.74 Å². The van der Waals surface area contributed by atoms with E-state index in [9.17, 15) is 4.79 Å². The lowest BCUT2D eigenvalue weighted by atomic mass is 9.98. The molecule has 7 heteroatoms. The first-order valence-corrected chi connectivity index (χ1v) is 13.3. The fourth-order valence-electron chi connectivity index (χ4n) is 4.09. The van der Waals surface area contributed by atoms with Gasteiger partial charge in [0.1, 0.15) is 12.4 Å². The highest BCUT2D eigenvalue weighted by molar-refractivity contribution is 8.00. The van der Waals surface area contributed by atoms with Crippen LogP contribution in [-0.2, 0) is 11.4 Å². The molecule has 0 aliphatic carbocycles. The number of hydrogen-bond donors (Lipinski definition) is 1. The Morgan fingerprint density at radius 3 is 1.89 bits per heavy atom. The maximum absolute atomic E-state index is 13.5. The molecule has 0 bridgehead atoms. The summed E-state index contributed by atoms with van der Waals surface area (Å²) >= 11 is 1.37.